The lowest BCUT2D eigenvalue weighted by atomic mass is 9.88. The first-order chi connectivity index (χ1) is 44.7. The van der Waals surface area contributed by atoms with Crippen molar-refractivity contribution < 1.29 is 104 Å². The highest BCUT2D eigenvalue weighted by atomic mass is 32.2. The number of nitro benzene ring substituents is 1. The number of nitro groups is 1. The minimum atomic E-state index is -4.60. The van der Waals surface area contributed by atoms with E-state index in [0.29, 0.717) is 105 Å². The van der Waals surface area contributed by atoms with Gasteiger partial charge in [0.1, 0.15) is 24.8 Å². The number of nitrogens with zero attached hydrogens (tertiary/aromatic N) is 7. The summed E-state index contributed by atoms with van der Waals surface area (Å²) < 4.78 is 64.8. The molecule has 0 aliphatic carbocycles. The molecule has 3 atom stereocenters. The lowest BCUT2D eigenvalue weighted by Gasteiger charge is -2.32. The molecular formula is C61H89BF2N10O18S2+2. The van der Waals surface area contributed by atoms with Crippen molar-refractivity contribution in [2.75, 3.05) is 107 Å². The summed E-state index contributed by atoms with van der Waals surface area (Å²) in [6, 6.07) is 10.9. The molecule has 518 valence electrons. The summed E-state index contributed by atoms with van der Waals surface area (Å²) in [7, 11) is 15.4. The van der Waals surface area contributed by atoms with Gasteiger partial charge in [0.05, 0.1) is 79.0 Å². The third kappa shape index (κ3) is 22.5. The van der Waals surface area contributed by atoms with Crippen molar-refractivity contribution >= 4 is 84.2 Å². The number of benzene rings is 2. The smallest absolute Gasteiger partial charge is 0.493 e. The first-order valence-corrected chi connectivity index (χ1v) is 33.0. The lowest BCUT2D eigenvalue weighted by molar-refractivity contribution is -0.870. The molecule has 0 spiro atoms. The molecule has 1 fully saturated rings. The Bertz CT molecular complexity index is 3200. The largest absolute Gasteiger partial charge is 0.737 e. The van der Waals surface area contributed by atoms with Crippen molar-refractivity contribution in [3.05, 3.63) is 104 Å². The first kappa shape index (κ1) is 76.0. The molecule has 3 aromatic rings. The molecule has 0 saturated carbocycles. The molecule has 94 heavy (non-hydrogen) atoms. The standard InChI is InChI=1S/C61H87BF2N10O18S2/c1-42(87-61(80)88-71-57(76)27-28-58(71)77)47-39-54(85-9)55(41-53(47)72(81)82)86-34-31-68(2)30-29-65-59(78)48(23-13-15-32-73(3,4)5)67-60(79)49(24-14-16-33-74(6,7)8)66-56(75)26-25-46-37-44(21-17-35-93-91-89-83)51-40-52-45(22-18-36-94-92-90-84)38-50(43-19-11-10-12-20-43)70(52)62(63,64)69(46)51/h10-12,19-20,37-42,48-49H,13-18,21-36H2,1-9H3,(H3-2,65,66,67,75,78,79,83,84)/p+2. The van der Waals surface area contributed by atoms with E-state index in [0.717, 1.165) is 58.6 Å². The molecule has 1 aromatic heterocycles. The van der Waals surface area contributed by atoms with Gasteiger partial charge in [-0.05, 0) is 120 Å². The number of quaternary nitrogens is 2. The SMILES string of the molecule is COc1cc(C(C)OC(=O)ON2C(=O)CCC2=O)c([N+](=O)[O-])cc1OCCN(C)CCNC(=O)C(CCCC[N+](C)(C)C)NC(=O)C(CCCC[N+](C)(C)C)NC(=O)CCc1cc(CCCSOOO)c2n1[B-](F)(F)[N+]1=C(c3ccccc3)C=C(CCCSOOO)C1=C2. The molecule has 33 heteroatoms. The van der Waals surface area contributed by atoms with E-state index in [9.17, 15) is 38.9 Å². The molecule has 5 N–H and O–H groups in total. The van der Waals surface area contributed by atoms with Gasteiger partial charge in [-0.1, -0.05) is 33.3 Å². The number of fused-ring (bicyclic) bond motifs is 2. The van der Waals surface area contributed by atoms with E-state index < -0.39 is 71.5 Å². The second-order valence-corrected chi connectivity index (χ2v) is 26.7. The molecule has 3 unspecified atom stereocenters. The topological polar surface area (TPSA) is 310 Å². The van der Waals surface area contributed by atoms with Gasteiger partial charge in [0.15, 0.2) is 22.9 Å². The predicted molar refractivity (Wildman–Crippen MR) is 345 cm³/mol. The molecule has 1 saturated heterocycles. The highest BCUT2D eigenvalue weighted by Crippen LogP contribution is 2.41. The van der Waals surface area contributed by atoms with E-state index in [2.05, 4.69) is 55.8 Å². The van der Waals surface area contributed by atoms with Crippen LogP contribution in [0.15, 0.2) is 65.9 Å². The molecule has 28 nitrogen and oxygen atoms in total. The third-order valence-corrected chi connectivity index (χ3v) is 17.0. The van der Waals surface area contributed by atoms with E-state index in [-0.39, 0.29) is 86.7 Å². The number of ether oxygens (including phenoxy) is 3. The third-order valence-electron chi connectivity index (χ3n) is 15.8. The zero-order valence-corrected chi connectivity index (χ0v) is 56.4. The van der Waals surface area contributed by atoms with Crippen LogP contribution in [-0.2, 0) is 65.1 Å². The summed E-state index contributed by atoms with van der Waals surface area (Å²) in [5.74, 6) is -2.22. The second-order valence-electron chi connectivity index (χ2n) is 25.1. The maximum atomic E-state index is 17.8. The van der Waals surface area contributed by atoms with Crippen LogP contribution >= 0.6 is 24.1 Å². The number of unbranched alkanes of at least 4 members (excludes halogenated alkanes) is 2. The van der Waals surface area contributed by atoms with Gasteiger partial charge in [-0.15, -0.1) is 8.67 Å². The fraction of sp³-hybridized carbons (Fsp3) is 0.557. The van der Waals surface area contributed by atoms with E-state index >= 15 is 8.63 Å². The highest BCUT2D eigenvalue weighted by molar-refractivity contribution is 7.94. The maximum Gasteiger partial charge on any atom is 0.737 e. The molecule has 6 rings (SSSR count). The number of imide groups is 1. The fourth-order valence-electron chi connectivity index (χ4n) is 11.1. The van der Waals surface area contributed by atoms with Gasteiger partial charge in [0, 0.05) is 103 Å². The number of halogens is 2. The van der Waals surface area contributed by atoms with Crippen molar-refractivity contribution in [1.82, 2.24) is 30.4 Å². The fourth-order valence-corrected chi connectivity index (χ4v) is 11.8. The Morgan fingerprint density at radius 1 is 0.809 bits per heavy atom. The molecule has 5 amide bonds. The Morgan fingerprint density at radius 3 is 2.02 bits per heavy atom. The van der Waals surface area contributed by atoms with Crippen LogP contribution in [0.5, 0.6) is 11.5 Å². The zero-order valence-electron chi connectivity index (χ0n) is 54.8. The predicted octanol–water partition coefficient (Wildman–Crippen LogP) is 7.34. The number of hydrogen-bond acceptors (Lipinski definition) is 21. The average molecular weight is 1360 g/mol. The van der Waals surface area contributed by atoms with Gasteiger partial charge in [-0.2, -0.15) is 0 Å². The lowest BCUT2D eigenvalue weighted by Crippen LogP contribution is -2.54. The molecular weight excluding hydrogens is 1270 g/mol. The summed E-state index contributed by atoms with van der Waals surface area (Å²) >= 11 is 1.72. The number of nitrogens with one attached hydrogen (secondary N) is 3. The number of aromatic nitrogens is 1. The number of carbonyl (C=O) groups is 6. The van der Waals surface area contributed by atoms with Gasteiger partial charge in [-0.25, -0.2) is 15.3 Å². The van der Waals surface area contributed by atoms with E-state index in [1.807, 2.05) is 26.0 Å². The van der Waals surface area contributed by atoms with Crippen LogP contribution in [0.3, 0.4) is 0 Å². The van der Waals surface area contributed by atoms with Crippen molar-refractivity contribution in [1.29, 1.82) is 0 Å². The number of methoxy groups -OCH3 is 1. The van der Waals surface area contributed by atoms with Crippen LogP contribution in [-0.4, -0.2) is 211 Å². The Balaban J connectivity index is 1.14. The van der Waals surface area contributed by atoms with Gasteiger partial charge < -0.3 is 61.6 Å². The summed E-state index contributed by atoms with van der Waals surface area (Å²) in [5.41, 5.74) is 2.38. The van der Waals surface area contributed by atoms with Gasteiger partial charge in [-0.3, -0.25) is 38.9 Å². The molecule has 0 bridgehead atoms. The van der Waals surface area contributed by atoms with Crippen molar-refractivity contribution in [3.8, 4) is 11.5 Å². The Kier molecular flexibility index (Phi) is 29.2. The zero-order chi connectivity index (χ0) is 68.8. The number of hydrogen-bond donors (Lipinski definition) is 5. The molecule has 0 radical (unpaired) electrons. The number of allylic oxidation sites excluding steroid dienone is 2. The van der Waals surface area contributed by atoms with Crippen LogP contribution in [0.25, 0.3) is 6.08 Å². The summed E-state index contributed by atoms with van der Waals surface area (Å²) in [5, 5.41) is 46.1. The van der Waals surface area contributed by atoms with Crippen LogP contribution in [0.2, 0.25) is 0 Å². The minimum absolute atomic E-state index is 0.00671. The average Bonchev–Trinajstić information content (AvgIpc) is 1.54. The number of rotatable bonds is 42. The van der Waals surface area contributed by atoms with E-state index in [4.69, 9.17) is 29.6 Å². The van der Waals surface area contributed by atoms with Gasteiger partial charge >= 0.3 is 13.1 Å². The van der Waals surface area contributed by atoms with E-state index in [1.165, 1.54) is 20.1 Å². The van der Waals surface area contributed by atoms with Crippen LogP contribution in [0.4, 0.5) is 19.1 Å². The monoisotopic (exact) mass is 1360 g/mol. The molecule has 3 aliphatic heterocycles. The molecule has 4 heterocycles. The quantitative estimate of drug-likeness (QED) is 0.00426. The summed E-state index contributed by atoms with van der Waals surface area (Å²) in [4.78, 5) is 97.5. The van der Waals surface area contributed by atoms with E-state index in [1.54, 1.807) is 55.6 Å². The number of amides is 5. The molecule has 2 aromatic carbocycles. The van der Waals surface area contributed by atoms with Gasteiger partial charge in [0.25, 0.3) is 17.5 Å². The Labute approximate surface area is 554 Å². The highest BCUT2D eigenvalue weighted by Gasteiger charge is 2.54. The molecule has 3 aliphatic rings. The second kappa shape index (κ2) is 36.2. The van der Waals surface area contributed by atoms with Gasteiger partial charge in [0.2, 0.25) is 17.7 Å². The van der Waals surface area contributed by atoms with Crippen molar-refractivity contribution in [3.63, 3.8) is 0 Å². The van der Waals surface area contributed by atoms with Crippen LogP contribution in [0, 0.1) is 10.1 Å². The number of hydroxylamine groups is 2. The summed E-state index contributed by atoms with van der Waals surface area (Å²) in [6.45, 7) is -0.960. The number of aryl methyl sites for hydroxylation is 2. The van der Waals surface area contributed by atoms with Crippen molar-refractivity contribution in [2.24, 2.45) is 0 Å². The maximum absolute atomic E-state index is 17.8. The van der Waals surface area contributed by atoms with Crippen LogP contribution in [0.1, 0.15) is 118 Å². The Hall–Kier alpha value is -7.05. The normalized spacial score (nSPS) is 15.4. The number of carbonyl (C=O) groups excluding carboxylic acids is 6. The first-order valence-electron chi connectivity index (χ1n) is 31.2. The van der Waals surface area contributed by atoms with Crippen LogP contribution < -0.4 is 25.4 Å². The number of likely N-dealkylation sites (N-methyl/N-ethyl adjacent to an activating group) is 1. The minimum Gasteiger partial charge on any atom is -0.493 e. The summed E-state index contributed by atoms with van der Waals surface area (Å²) in [6.07, 6.45) is 4.89. The Morgan fingerprint density at radius 2 is 1.43 bits per heavy atom. The van der Waals surface area contributed by atoms with Crippen molar-refractivity contribution in [2.45, 2.75) is 115 Å².